The van der Waals surface area contributed by atoms with Gasteiger partial charge in [-0.25, -0.2) is 0 Å². The molecule has 0 bridgehead atoms. The van der Waals surface area contributed by atoms with Crippen LogP contribution in [0.1, 0.15) is 64.7 Å². The first kappa shape index (κ1) is 17.5. The SMILES string of the molecule is CCCCCCCCCC/C=C/C#C[Si](C)(C)C. The minimum atomic E-state index is -1.17. The molecule has 0 nitrogen and oxygen atoms in total. The van der Waals surface area contributed by atoms with Crippen LogP contribution in [-0.2, 0) is 0 Å². The van der Waals surface area contributed by atoms with E-state index in [0.29, 0.717) is 0 Å². The lowest BCUT2D eigenvalue weighted by molar-refractivity contribution is 0.577. The fourth-order valence-corrected chi connectivity index (χ4v) is 2.31. The van der Waals surface area contributed by atoms with Crippen molar-refractivity contribution in [2.75, 3.05) is 0 Å². The second-order valence-corrected chi connectivity index (χ2v) is 10.9. The first-order valence-electron chi connectivity index (χ1n) is 7.74. The monoisotopic (exact) mass is 264 g/mol. The van der Waals surface area contributed by atoms with Gasteiger partial charge in [-0.1, -0.05) is 83.5 Å². The van der Waals surface area contributed by atoms with Crippen LogP contribution in [0.3, 0.4) is 0 Å². The molecule has 0 N–H and O–H groups in total. The summed E-state index contributed by atoms with van der Waals surface area (Å²) in [5.74, 6) is 3.18. The minimum absolute atomic E-state index is 1.17. The molecule has 18 heavy (non-hydrogen) atoms. The molecule has 0 heterocycles. The van der Waals surface area contributed by atoms with Gasteiger partial charge in [-0.3, -0.25) is 0 Å². The summed E-state index contributed by atoms with van der Waals surface area (Å²) in [6.45, 7) is 9.13. The van der Waals surface area contributed by atoms with Crippen molar-refractivity contribution in [2.24, 2.45) is 0 Å². The van der Waals surface area contributed by atoms with Gasteiger partial charge in [-0.2, -0.15) is 0 Å². The van der Waals surface area contributed by atoms with Gasteiger partial charge in [0.25, 0.3) is 0 Å². The summed E-state index contributed by atoms with van der Waals surface area (Å²) in [6, 6.07) is 0. The third-order valence-corrected chi connectivity index (χ3v) is 3.77. The number of hydrogen-bond donors (Lipinski definition) is 0. The van der Waals surface area contributed by atoms with Gasteiger partial charge < -0.3 is 0 Å². The molecule has 0 aromatic heterocycles. The molecule has 0 amide bonds. The second kappa shape index (κ2) is 11.6. The highest BCUT2D eigenvalue weighted by Crippen LogP contribution is 2.09. The molecule has 104 valence electrons. The van der Waals surface area contributed by atoms with Crippen molar-refractivity contribution in [1.29, 1.82) is 0 Å². The van der Waals surface area contributed by atoms with Crippen LogP contribution in [0.5, 0.6) is 0 Å². The molecule has 0 saturated carbocycles. The molecule has 0 saturated heterocycles. The fourth-order valence-electron chi connectivity index (χ4n) is 1.80. The van der Waals surface area contributed by atoms with Crippen LogP contribution in [0.25, 0.3) is 0 Å². The summed E-state index contributed by atoms with van der Waals surface area (Å²) in [6.07, 6.45) is 16.7. The molecule has 0 aliphatic rings. The smallest absolute Gasteiger partial charge is 0.127 e. The van der Waals surface area contributed by atoms with E-state index in [0.717, 1.165) is 0 Å². The highest BCUT2D eigenvalue weighted by Gasteiger charge is 2.06. The standard InChI is InChI=1S/C17H32Si/c1-5-6-7-8-9-10-11-12-13-14-15-16-17-18(2,3)4/h14-15H,5-13H2,1-4H3/b15-14+. The van der Waals surface area contributed by atoms with Crippen LogP contribution in [0.15, 0.2) is 12.2 Å². The van der Waals surface area contributed by atoms with Gasteiger partial charge in [0.2, 0.25) is 0 Å². The van der Waals surface area contributed by atoms with E-state index in [1.807, 2.05) is 0 Å². The van der Waals surface area contributed by atoms with Crippen LogP contribution in [0.2, 0.25) is 19.6 Å². The molecule has 0 aromatic carbocycles. The molecule has 0 unspecified atom stereocenters. The van der Waals surface area contributed by atoms with Crippen molar-refractivity contribution in [2.45, 2.75) is 84.4 Å². The summed E-state index contributed by atoms with van der Waals surface area (Å²) < 4.78 is 0. The van der Waals surface area contributed by atoms with E-state index in [4.69, 9.17) is 0 Å². The Balaban J connectivity index is 3.29. The molecule has 0 aromatic rings. The molecule has 0 aliphatic carbocycles. The molecule has 0 rings (SSSR count). The highest BCUT2D eigenvalue weighted by atomic mass is 28.3. The minimum Gasteiger partial charge on any atom is -0.127 e. The van der Waals surface area contributed by atoms with Gasteiger partial charge in [0.1, 0.15) is 8.07 Å². The van der Waals surface area contributed by atoms with E-state index in [1.54, 1.807) is 0 Å². The van der Waals surface area contributed by atoms with Crippen molar-refractivity contribution >= 4 is 8.07 Å². The predicted octanol–water partition coefficient (Wildman–Crippen LogP) is 5.95. The Labute approximate surface area is 116 Å². The molecular weight excluding hydrogens is 232 g/mol. The van der Waals surface area contributed by atoms with Gasteiger partial charge in [0.05, 0.1) is 0 Å². The van der Waals surface area contributed by atoms with E-state index >= 15 is 0 Å². The van der Waals surface area contributed by atoms with Gasteiger partial charge in [-0.05, 0) is 18.9 Å². The van der Waals surface area contributed by atoms with Gasteiger partial charge >= 0.3 is 0 Å². The van der Waals surface area contributed by atoms with Crippen molar-refractivity contribution in [3.63, 3.8) is 0 Å². The first-order valence-corrected chi connectivity index (χ1v) is 11.2. The largest absolute Gasteiger partial charge is 0.129 e. The van der Waals surface area contributed by atoms with Crippen molar-refractivity contribution in [3.05, 3.63) is 12.2 Å². The summed E-state index contributed by atoms with van der Waals surface area (Å²) in [5, 5.41) is 0. The number of allylic oxidation sites excluding steroid dienone is 2. The zero-order chi connectivity index (χ0) is 13.7. The van der Waals surface area contributed by atoms with Crippen molar-refractivity contribution < 1.29 is 0 Å². The average Bonchev–Trinajstić information content (AvgIpc) is 2.29. The molecule has 0 spiro atoms. The summed E-state index contributed by atoms with van der Waals surface area (Å²) in [5.41, 5.74) is 3.35. The molecule has 1 heteroatoms. The van der Waals surface area contributed by atoms with Crippen LogP contribution in [-0.4, -0.2) is 8.07 Å². The van der Waals surface area contributed by atoms with E-state index in [2.05, 4.69) is 50.2 Å². The van der Waals surface area contributed by atoms with E-state index in [-0.39, 0.29) is 0 Å². The third kappa shape index (κ3) is 15.5. The van der Waals surface area contributed by atoms with Gasteiger partial charge in [-0.15, -0.1) is 5.54 Å². The Morgan fingerprint density at radius 3 is 1.94 bits per heavy atom. The van der Waals surface area contributed by atoms with E-state index in [1.165, 1.54) is 57.8 Å². The maximum Gasteiger partial charge on any atom is 0.129 e. The molecule has 0 aliphatic heterocycles. The zero-order valence-electron chi connectivity index (χ0n) is 13.0. The Morgan fingerprint density at radius 2 is 1.39 bits per heavy atom. The van der Waals surface area contributed by atoms with Crippen molar-refractivity contribution in [3.8, 4) is 11.5 Å². The van der Waals surface area contributed by atoms with Crippen LogP contribution in [0.4, 0.5) is 0 Å². The average molecular weight is 265 g/mol. The Kier molecular flexibility index (Phi) is 11.3. The predicted molar refractivity (Wildman–Crippen MR) is 87.5 cm³/mol. The summed E-state index contributed by atoms with van der Waals surface area (Å²) >= 11 is 0. The fraction of sp³-hybridized carbons (Fsp3) is 0.765. The van der Waals surface area contributed by atoms with Crippen LogP contribution >= 0.6 is 0 Å². The summed E-state index contributed by atoms with van der Waals surface area (Å²) in [4.78, 5) is 0. The highest BCUT2D eigenvalue weighted by molar-refractivity contribution is 6.83. The number of rotatable bonds is 9. The van der Waals surface area contributed by atoms with E-state index in [9.17, 15) is 0 Å². The third-order valence-electron chi connectivity index (χ3n) is 2.87. The lowest BCUT2D eigenvalue weighted by Crippen LogP contribution is -2.16. The Morgan fingerprint density at radius 1 is 0.833 bits per heavy atom. The lowest BCUT2D eigenvalue weighted by Gasteiger charge is -2.02. The van der Waals surface area contributed by atoms with Crippen molar-refractivity contribution in [1.82, 2.24) is 0 Å². The number of hydrogen-bond acceptors (Lipinski definition) is 0. The normalized spacial score (nSPS) is 11.6. The molecule has 0 radical (unpaired) electrons. The molecule has 0 atom stereocenters. The van der Waals surface area contributed by atoms with Gasteiger partial charge in [0.15, 0.2) is 0 Å². The molecular formula is C17H32Si. The lowest BCUT2D eigenvalue weighted by atomic mass is 10.1. The quantitative estimate of drug-likeness (QED) is 0.274. The van der Waals surface area contributed by atoms with Crippen LogP contribution < -0.4 is 0 Å². The van der Waals surface area contributed by atoms with Gasteiger partial charge in [0, 0.05) is 0 Å². The zero-order valence-corrected chi connectivity index (χ0v) is 14.0. The maximum atomic E-state index is 3.35. The Bertz CT molecular complexity index is 260. The molecule has 0 fully saturated rings. The first-order chi connectivity index (χ1) is 8.56. The summed E-state index contributed by atoms with van der Waals surface area (Å²) in [7, 11) is -1.17. The number of unbranched alkanes of at least 4 members (excludes halogenated alkanes) is 8. The Hall–Kier alpha value is -0.483. The second-order valence-electron chi connectivity index (χ2n) is 6.19. The maximum absolute atomic E-state index is 3.35. The van der Waals surface area contributed by atoms with E-state index < -0.39 is 8.07 Å². The topological polar surface area (TPSA) is 0 Å². The van der Waals surface area contributed by atoms with Crippen LogP contribution in [0, 0.1) is 11.5 Å².